The van der Waals surface area contributed by atoms with E-state index in [-0.39, 0.29) is 27.7 Å². The molecule has 0 atom stereocenters. The lowest BCUT2D eigenvalue weighted by Crippen LogP contribution is -2.25. The summed E-state index contributed by atoms with van der Waals surface area (Å²) in [6.07, 6.45) is 1.50. The van der Waals surface area contributed by atoms with Gasteiger partial charge in [-0.3, -0.25) is 4.79 Å². The van der Waals surface area contributed by atoms with Gasteiger partial charge in [-0.15, -0.1) is 0 Å². The van der Waals surface area contributed by atoms with Gasteiger partial charge in [0.1, 0.15) is 11.5 Å². The maximum atomic E-state index is 14.0. The molecule has 0 unspecified atom stereocenters. The quantitative estimate of drug-likeness (QED) is 0.650. The topological polar surface area (TPSA) is 46.5 Å². The van der Waals surface area contributed by atoms with Crippen LogP contribution in [-0.2, 0) is 11.2 Å². The number of allylic oxidation sites excluding steroid dienone is 2. The molecule has 0 bridgehead atoms. The average Bonchev–Trinajstić information content (AvgIpc) is 2.56. The molecule has 27 heavy (non-hydrogen) atoms. The van der Waals surface area contributed by atoms with Gasteiger partial charge in [0.05, 0.1) is 5.57 Å². The second-order valence-corrected chi connectivity index (χ2v) is 8.05. The molecular weight excluding hydrogens is 367 g/mol. The minimum atomic E-state index is -0.568. The fourth-order valence-electron chi connectivity index (χ4n) is 3.44. The zero-order chi connectivity index (χ0) is 19.8. The Hall–Kier alpha value is -2.33. The number of aryl methyl sites for hydroxylation is 1. The first-order valence-corrected chi connectivity index (χ1v) is 9.29. The van der Waals surface area contributed by atoms with E-state index >= 15 is 0 Å². The van der Waals surface area contributed by atoms with Gasteiger partial charge in [0, 0.05) is 17.9 Å². The molecule has 142 valence electrons. The van der Waals surface area contributed by atoms with Gasteiger partial charge in [-0.05, 0) is 53.3 Å². The summed E-state index contributed by atoms with van der Waals surface area (Å²) in [5.41, 5.74) is 1.64. The molecule has 3 rings (SSSR count). The third-order valence-electron chi connectivity index (χ3n) is 4.71. The van der Waals surface area contributed by atoms with Crippen molar-refractivity contribution < 1.29 is 19.0 Å². The van der Waals surface area contributed by atoms with Gasteiger partial charge >= 0.3 is 0 Å². The smallest absolute Gasteiger partial charge is 0.167 e. The number of aliphatic hydroxyl groups is 1. The number of Topliss-reactive ketones (excluding diaryl/α,β-unsaturated/α-hetero) is 1. The summed E-state index contributed by atoms with van der Waals surface area (Å²) in [6.45, 7) is 5.90. The number of ketones is 1. The Morgan fingerprint density at radius 2 is 1.93 bits per heavy atom. The van der Waals surface area contributed by atoms with Gasteiger partial charge < -0.3 is 9.84 Å². The minimum absolute atomic E-state index is 0.0453. The van der Waals surface area contributed by atoms with Gasteiger partial charge in [0.2, 0.25) is 0 Å². The molecule has 0 saturated carbocycles. The van der Waals surface area contributed by atoms with E-state index in [0.29, 0.717) is 36.1 Å². The number of carbonyl (C=O) groups excluding carboxylic acids is 1. The average molecular weight is 389 g/mol. The van der Waals surface area contributed by atoms with Crippen LogP contribution in [0.15, 0.2) is 42.2 Å². The molecule has 0 aliphatic heterocycles. The molecule has 0 radical (unpaired) electrons. The number of aliphatic hydroxyl groups excluding tert-OH is 1. The van der Waals surface area contributed by atoms with Gasteiger partial charge in [0.15, 0.2) is 17.3 Å². The fourth-order valence-corrected chi connectivity index (χ4v) is 3.60. The first kappa shape index (κ1) is 19.4. The molecule has 0 aromatic heterocycles. The molecule has 2 aromatic carbocycles. The molecule has 0 fully saturated rings. The number of halogens is 2. The van der Waals surface area contributed by atoms with Crippen molar-refractivity contribution in [1.82, 2.24) is 0 Å². The first-order chi connectivity index (χ1) is 12.7. The maximum Gasteiger partial charge on any atom is 0.167 e. The number of benzene rings is 2. The van der Waals surface area contributed by atoms with Crippen LogP contribution in [0.1, 0.15) is 44.7 Å². The molecule has 0 spiro atoms. The maximum absolute atomic E-state index is 14.0. The number of hydrogen-bond donors (Lipinski definition) is 1. The van der Waals surface area contributed by atoms with Crippen molar-refractivity contribution in [2.75, 3.05) is 0 Å². The molecule has 0 saturated heterocycles. The van der Waals surface area contributed by atoms with Crippen LogP contribution in [0.3, 0.4) is 0 Å². The van der Waals surface area contributed by atoms with E-state index < -0.39 is 5.82 Å². The second kappa shape index (κ2) is 7.35. The fraction of sp³-hybridized carbons (Fsp3) is 0.318. The largest absolute Gasteiger partial charge is 0.512 e. The lowest BCUT2D eigenvalue weighted by Gasteiger charge is -2.30. The van der Waals surface area contributed by atoms with E-state index in [1.807, 2.05) is 26.8 Å². The zero-order valence-corrected chi connectivity index (χ0v) is 16.4. The van der Waals surface area contributed by atoms with Crippen molar-refractivity contribution in [3.63, 3.8) is 0 Å². The van der Waals surface area contributed by atoms with E-state index in [2.05, 4.69) is 0 Å². The van der Waals surface area contributed by atoms with Crippen molar-refractivity contribution in [3.05, 3.63) is 64.1 Å². The van der Waals surface area contributed by atoms with E-state index in [9.17, 15) is 14.3 Å². The van der Waals surface area contributed by atoms with E-state index in [0.717, 1.165) is 5.56 Å². The van der Waals surface area contributed by atoms with E-state index in [1.54, 1.807) is 18.2 Å². The Kier molecular flexibility index (Phi) is 5.29. The van der Waals surface area contributed by atoms with Gasteiger partial charge in [0.25, 0.3) is 0 Å². The monoisotopic (exact) mass is 388 g/mol. The Balaban J connectivity index is 2.03. The SMILES string of the molecule is CCc1ccc(Oc2ccc(Cl)cc2F)cc1C1=C(O)CC(C)(C)CC1=O. The van der Waals surface area contributed by atoms with E-state index in [4.69, 9.17) is 16.3 Å². The standard InChI is InChI=1S/C22H22ClFO3/c1-4-13-5-7-15(27-20-8-6-14(23)9-17(20)24)10-16(13)21-18(25)11-22(2,3)12-19(21)26/h5-10,25H,4,11-12H2,1-3H3. The number of carbonyl (C=O) groups is 1. The second-order valence-electron chi connectivity index (χ2n) is 7.61. The molecule has 3 nitrogen and oxygen atoms in total. The number of hydrogen-bond acceptors (Lipinski definition) is 3. The van der Waals surface area contributed by atoms with Crippen molar-refractivity contribution in [2.24, 2.45) is 5.41 Å². The molecule has 0 heterocycles. The zero-order valence-electron chi connectivity index (χ0n) is 15.6. The van der Waals surface area contributed by atoms with Crippen molar-refractivity contribution in [3.8, 4) is 11.5 Å². The van der Waals surface area contributed by atoms with Crippen molar-refractivity contribution in [1.29, 1.82) is 0 Å². The summed E-state index contributed by atoms with van der Waals surface area (Å²) >= 11 is 5.77. The lowest BCUT2D eigenvalue weighted by molar-refractivity contribution is -0.116. The third-order valence-corrected chi connectivity index (χ3v) is 4.94. The van der Waals surface area contributed by atoms with Crippen LogP contribution >= 0.6 is 11.6 Å². The molecule has 2 aromatic rings. The first-order valence-electron chi connectivity index (χ1n) is 8.91. The highest BCUT2D eigenvalue weighted by molar-refractivity contribution is 6.30. The summed E-state index contributed by atoms with van der Waals surface area (Å²) in [4.78, 5) is 12.7. The molecule has 1 N–H and O–H groups in total. The van der Waals surface area contributed by atoms with Gasteiger partial charge in [-0.1, -0.05) is 38.4 Å². The molecule has 1 aliphatic carbocycles. The summed E-state index contributed by atoms with van der Waals surface area (Å²) in [5, 5.41) is 10.8. The van der Waals surface area contributed by atoms with Crippen LogP contribution in [0.5, 0.6) is 11.5 Å². The Bertz CT molecular complexity index is 931. The predicted octanol–water partition coefficient (Wildman–Crippen LogP) is 6.49. The van der Waals surface area contributed by atoms with Gasteiger partial charge in [-0.25, -0.2) is 4.39 Å². The molecule has 5 heteroatoms. The summed E-state index contributed by atoms with van der Waals surface area (Å²) < 4.78 is 19.7. The van der Waals surface area contributed by atoms with Crippen molar-refractivity contribution in [2.45, 2.75) is 40.0 Å². The van der Waals surface area contributed by atoms with Crippen LogP contribution in [-0.4, -0.2) is 10.9 Å². The lowest BCUT2D eigenvalue weighted by atomic mass is 9.74. The number of rotatable bonds is 4. The summed E-state index contributed by atoms with van der Waals surface area (Å²) in [5.74, 6) is -0.125. The van der Waals surface area contributed by atoms with Gasteiger partial charge in [-0.2, -0.15) is 0 Å². The van der Waals surface area contributed by atoms with E-state index in [1.165, 1.54) is 12.1 Å². The molecular formula is C22H22ClFO3. The van der Waals surface area contributed by atoms with Crippen LogP contribution in [0.4, 0.5) is 4.39 Å². The minimum Gasteiger partial charge on any atom is -0.512 e. The predicted molar refractivity (Wildman–Crippen MR) is 105 cm³/mol. The molecule has 0 amide bonds. The highest BCUT2D eigenvalue weighted by atomic mass is 35.5. The Morgan fingerprint density at radius 3 is 2.56 bits per heavy atom. The summed E-state index contributed by atoms with van der Waals surface area (Å²) in [6, 6.07) is 9.43. The van der Waals surface area contributed by atoms with Crippen LogP contribution in [0.2, 0.25) is 5.02 Å². The summed E-state index contributed by atoms with van der Waals surface area (Å²) in [7, 11) is 0. The van der Waals surface area contributed by atoms with Crippen LogP contribution < -0.4 is 4.74 Å². The Labute approximate surface area is 163 Å². The normalized spacial score (nSPS) is 16.6. The number of ether oxygens (including phenoxy) is 1. The van der Waals surface area contributed by atoms with Crippen LogP contribution in [0.25, 0.3) is 5.57 Å². The third kappa shape index (κ3) is 4.16. The van der Waals surface area contributed by atoms with Crippen molar-refractivity contribution >= 4 is 23.0 Å². The van der Waals surface area contributed by atoms with Crippen LogP contribution in [0, 0.1) is 11.2 Å². The molecule has 1 aliphatic rings. The Morgan fingerprint density at radius 1 is 1.19 bits per heavy atom. The highest BCUT2D eigenvalue weighted by Gasteiger charge is 2.34. The highest BCUT2D eigenvalue weighted by Crippen LogP contribution is 2.41.